The molecular weight excluding hydrogens is 320 g/mol. The Morgan fingerprint density at radius 1 is 1.40 bits per heavy atom. The molecule has 1 saturated heterocycles. The zero-order valence-electron chi connectivity index (χ0n) is 14.0. The molecule has 2 aliphatic carbocycles. The summed E-state index contributed by atoms with van der Waals surface area (Å²) in [5.41, 5.74) is 0.966. The van der Waals surface area contributed by atoms with E-state index in [9.17, 15) is 15.4 Å². The van der Waals surface area contributed by atoms with Gasteiger partial charge >= 0.3 is 0 Å². The molecule has 0 amide bonds. The molecule has 2 aliphatic heterocycles. The molecule has 1 aromatic carbocycles. The van der Waals surface area contributed by atoms with Gasteiger partial charge in [0.05, 0.1) is 16.7 Å². The van der Waals surface area contributed by atoms with E-state index in [4.69, 9.17) is 4.74 Å². The first-order valence-corrected chi connectivity index (χ1v) is 8.87. The monoisotopic (exact) mass is 342 g/mol. The molecule has 25 heavy (non-hydrogen) atoms. The van der Waals surface area contributed by atoms with Crippen LogP contribution in [0.5, 0.6) is 11.5 Å². The summed E-state index contributed by atoms with van der Waals surface area (Å²) >= 11 is 0. The Labute approximate surface area is 146 Å². The minimum Gasteiger partial charge on any atom is -0.504 e. The molecule has 2 fully saturated rings. The van der Waals surface area contributed by atoms with Gasteiger partial charge in [0, 0.05) is 24.7 Å². The molecule has 5 rings (SSSR count). The topological polar surface area (TPSA) is 85.5 Å². The fourth-order valence-electron chi connectivity index (χ4n) is 5.92. The zero-order valence-corrected chi connectivity index (χ0v) is 14.0. The zero-order chi connectivity index (χ0) is 17.4. The average Bonchev–Trinajstić information content (AvgIpc) is 2.95. The molecule has 4 unspecified atom stereocenters. The van der Waals surface area contributed by atoms with Gasteiger partial charge in [0.15, 0.2) is 17.6 Å². The van der Waals surface area contributed by atoms with Gasteiger partial charge in [-0.3, -0.25) is 4.90 Å². The van der Waals surface area contributed by atoms with Crippen LogP contribution in [0.15, 0.2) is 29.9 Å². The first-order valence-electron chi connectivity index (χ1n) is 8.87. The lowest BCUT2D eigenvalue weighted by molar-refractivity contribution is -0.164. The molecule has 132 valence electrons. The minimum absolute atomic E-state index is 0.0337. The minimum atomic E-state index is -0.973. The van der Waals surface area contributed by atoms with Crippen LogP contribution in [-0.2, 0) is 11.8 Å². The Hall–Kier alpha value is -2.05. The maximum Gasteiger partial charge on any atom is 0.166 e. The van der Waals surface area contributed by atoms with E-state index >= 15 is 0 Å². The molecular formula is C19H22N2O4. The van der Waals surface area contributed by atoms with E-state index in [-0.39, 0.29) is 11.8 Å². The fraction of sp³-hybridized carbons (Fsp3) is 0.526. The van der Waals surface area contributed by atoms with Gasteiger partial charge in [-0.2, -0.15) is 0 Å². The number of phenolic OH excluding ortho intramolecular Hbond substituents is 1. The maximum absolute atomic E-state index is 11.9. The molecule has 2 heterocycles. The maximum atomic E-state index is 11.9. The normalized spacial score (nSPS) is 39.8. The molecule has 1 spiro atoms. The molecule has 2 bridgehead atoms. The van der Waals surface area contributed by atoms with Crippen LogP contribution in [0.4, 0.5) is 0 Å². The number of nitrogens with zero attached hydrogens (tertiary/aromatic N) is 2. The third kappa shape index (κ3) is 1.56. The van der Waals surface area contributed by atoms with E-state index in [1.807, 2.05) is 12.1 Å². The summed E-state index contributed by atoms with van der Waals surface area (Å²) in [5.74, 6) is 0.550. The van der Waals surface area contributed by atoms with Crippen molar-refractivity contribution in [3.05, 3.63) is 35.9 Å². The third-order valence-electron chi connectivity index (χ3n) is 6.88. The van der Waals surface area contributed by atoms with Gasteiger partial charge in [0.2, 0.25) is 0 Å². The first kappa shape index (κ1) is 15.2. The Balaban J connectivity index is 1.79. The van der Waals surface area contributed by atoms with Crippen molar-refractivity contribution in [1.82, 2.24) is 4.90 Å². The SMILES string of the molecule is C=CCN1CCC23c4c5ccc(O)c4OC2/C(=N/O)CCC3(O)C1C5. The van der Waals surface area contributed by atoms with Crippen molar-refractivity contribution < 1.29 is 20.2 Å². The van der Waals surface area contributed by atoms with E-state index in [2.05, 4.69) is 16.6 Å². The van der Waals surface area contributed by atoms with Crippen molar-refractivity contribution >= 4 is 5.71 Å². The smallest absolute Gasteiger partial charge is 0.166 e. The molecule has 6 nitrogen and oxygen atoms in total. The van der Waals surface area contributed by atoms with Gasteiger partial charge in [-0.05, 0) is 37.3 Å². The number of piperidine rings is 1. The number of likely N-dealkylation sites (tertiary alicyclic amines) is 1. The first-order chi connectivity index (χ1) is 12.1. The van der Waals surface area contributed by atoms with E-state index in [0.717, 1.165) is 30.6 Å². The third-order valence-corrected chi connectivity index (χ3v) is 6.88. The van der Waals surface area contributed by atoms with Gasteiger partial charge in [0.25, 0.3) is 0 Å². The second-order valence-electron chi connectivity index (χ2n) is 7.69. The van der Waals surface area contributed by atoms with Gasteiger partial charge in [-0.15, -0.1) is 6.58 Å². The van der Waals surface area contributed by atoms with Crippen LogP contribution in [0.2, 0.25) is 0 Å². The number of aliphatic hydroxyl groups is 1. The number of benzene rings is 1. The highest BCUT2D eigenvalue weighted by molar-refractivity contribution is 5.94. The van der Waals surface area contributed by atoms with E-state index < -0.39 is 17.1 Å². The van der Waals surface area contributed by atoms with Crippen molar-refractivity contribution in [2.24, 2.45) is 5.16 Å². The molecule has 1 saturated carbocycles. The summed E-state index contributed by atoms with van der Waals surface area (Å²) in [6.07, 6.45) is 3.79. The number of aromatic hydroxyl groups is 1. The van der Waals surface area contributed by atoms with Crippen molar-refractivity contribution in [3.8, 4) is 11.5 Å². The molecule has 4 aliphatic rings. The van der Waals surface area contributed by atoms with Crippen LogP contribution < -0.4 is 4.74 Å². The summed E-state index contributed by atoms with van der Waals surface area (Å²) in [6.45, 7) is 5.40. The molecule has 3 N–H and O–H groups in total. The fourth-order valence-corrected chi connectivity index (χ4v) is 5.92. The highest BCUT2D eigenvalue weighted by Gasteiger charge is 2.72. The summed E-state index contributed by atoms with van der Waals surface area (Å²) in [4.78, 5) is 2.30. The van der Waals surface area contributed by atoms with E-state index in [1.165, 1.54) is 0 Å². The Kier molecular flexibility index (Phi) is 2.90. The van der Waals surface area contributed by atoms with Gasteiger partial charge in [-0.1, -0.05) is 17.3 Å². The Morgan fingerprint density at radius 3 is 3.00 bits per heavy atom. The van der Waals surface area contributed by atoms with Crippen LogP contribution in [0, 0.1) is 0 Å². The number of rotatable bonds is 2. The second-order valence-corrected chi connectivity index (χ2v) is 7.69. The molecule has 1 aromatic rings. The second kappa shape index (κ2) is 4.77. The number of ether oxygens (including phenoxy) is 1. The quantitative estimate of drug-likeness (QED) is 0.431. The van der Waals surface area contributed by atoms with Gasteiger partial charge in [0.1, 0.15) is 0 Å². The van der Waals surface area contributed by atoms with E-state index in [0.29, 0.717) is 30.7 Å². The molecule has 0 aromatic heterocycles. The van der Waals surface area contributed by atoms with Gasteiger partial charge < -0.3 is 20.2 Å². The van der Waals surface area contributed by atoms with Crippen LogP contribution in [0.25, 0.3) is 0 Å². The number of oxime groups is 1. The summed E-state index contributed by atoms with van der Waals surface area (Å²) in [5, 5.41) is 35.3. The van der Waals surface area contributed by atoms with Crippen LogP contribution >= 0.6 is 0 Å². The number of hydrogen-bond acceptors (Lipinski definition) is 6. The molecule has 0 radical (unpaired) electrons. The number of hydrogen-bond donors (Lipinski definition) is 3. The van der Waals surface area contributed by atoms with Gasteiger partial charge in [-0.25, -0.2) is 0 Å². The largest absolute Gasteiger partial charge is 0.504 e. The number of phenols is 1. The average molecular weight is 342 g/mol. The highest BCUT2D eigenvalue weighted by Crippen LogP contribution is 2.64. The van der Waals surface area contributed by atoms with Crippen molar-refractivity contribution in [2.75, 3.05) is 13.1 Å². The predicted molar refractivity (Wildman–Crippen MR) is 91.5 cm³/mol. The summed E-state index contributed by atoms with van der Waals surface area (Å²) < 4.78 is 6.13. The summed E-state index contributed by atoms with van der Waals surface area (Å²) in [6, 6.07) is 3.57. The van der Waals surface area contributed by atoms with Crippen LogP contribution in [0.3, 0.4) is 0 Å². The predicted octanol–water partition coefficient (Wildman–Crippen LogP) is 1.56. The lowest BCUT2D eigenvalue weighted by Gasteiger charge is -2.62. The highest BCUT2D eigenvalue weighted by atomic mass is 16.5. The van der Waals surface area contributed by atoms with Crippen LogP contribution in [0.1, 0.15) is 30.4 Å². The van der Waals surface area contributed by atoms with E-state index in [1.54, 1.807) is 6.07 Å². The van der Waals surface area contributed by atoms with Crippen molar-refractivity contribution in [2.45, 2.75) is 48.8 Å². The Morgan fingerprint density at radius 2 is 2.24 bits per heavy atom. The van der Waals surface area contributed by atoms with Crippen LogP contribution in [-0.4, -0.2) is 56.9 Å². The summed E-state index contributed by atoms with van der Waals surface area (Å²) in [7, 11) is 0. The molecule has 6 heteroatoms. The molecule has 4 atom stereocenters. The van der Waals surface area contributed by atoms with Crippen molar-refractivity contribution in [1.29, 1.82) is 0 Å². The Bertz CT molecular complexity index is 807. The lowest BCUT2D eigenvalue weighted by atomic mass is 9.49. The standard InChI is InChI=1S/C19H22N2O4/c1-2-8-21-9-7-18-15-11-3-4-13(22)16(15)25-17(18)12(20-24)5-6-19(18,23)14(21)10-11/h2-4,14,17,22-24H,1,5-10H2/b20-12+. The van der Waals surface area contributed by atoms with Crippen molar-refractivity contribution in [3.63, 3.8) is 0 Å². The lowest BCUT2D eigenvalue weighted by Crippen LogP contribution is -2.76.